The van der Waals surface area contributed by atoms with E-state index in [4.69, 9.17) is 16.6 Å². The Kier molecular flexibility index (Phi) is 4.71. The van der Waals surface area contributed by atoms with Crippen LogP contribution in [0.3, 0.4) is 0 Å². The van der Waals surface area contributed by atoms with E-state index in [1.54, 1.807) is 0 Å². The maximum Gasteiger partial charge on any atom is 0.331 e. The fourth-order valence-electron chi connectivity index (χ4n) is 0.508. The topological polar surface area (TPSA) is 116 Å². The molecule has 13 heavy (non-hydrogen) atoms. The largest absolute Gasteiger partial charge is 0.478 e. The van der Waals surface area contributed by atoms with Gasteiger partial charge in [0, 0.05) is 12.1 Å². The van der Waals surface area contributed by atoms with Crippen LogP contribution in [-0.4, -0.2) is 29.8 Å². The van der Waals surface area contributed by atoms with Crippen molar-refractivity contribution < 1.29 is 19.4 Å². The normalized spacial score (nSPS) is 11.8. The Morgan fingerprint density at radius 3 is 2.46 bits per heavy atom. The maximum absolute atomic E-state index is 10.8. The molecule has 74 valence electrons. The van der Waals surface area contributed by atoms with Gasteiger partial charge in [-0.1, -0.05) is 6.58 Å². The second kappa shape index (κ2) is 5.28. The smallest absolute Gasteiger partial charge is 0.331 e. The van der Waals surface area contributed by atoms with Gasteiger partial charge in [0.2, 0.25) is 0 Å². The van der Waals surface area contributed by atoms with E-state index in [1.807, 2.05) is 0 Å². The summed E-state index contributed by atoms with van der Waals surface area (Å²) in [6.45, 7) is 3.15. The number of aliphatic carboxylic acids is 1. The lowest BCUT2D eigenvalue weighted by Crippen LogP contribution is -2.34. The number of carbonyl (C=O) groups excluding carboxylic acids is 1. The lowest BCUT2D eigenvalue weighted by molar-refractivity contribution is -0.148. The Bertz CT molecular complexity index is 227. The second-order valence-electron chi connectivity index (χ2n) is 2.35. The highest BCUT2D eigenvalue weighted by atomic mass is 16.6. The van der Waals surface area contributed by atoms with E-state index in [1.165, 1.54) is 0 Å². The minimum atomic E-state index is -1.24. The lowest BCUT2D eigenvalue weighted by atomic mass is 10.2. The standard InChI is InChI=1S/C7H12N2O4/c1-4(7(11)12)2-6(10)13-5(9)3-8/h5H,1-3,8-9H2,(H,11,12). The summed E-state index contributed by atoms with van der Waals surface area (Å²) in [6.07, 6.45) is -1.28. The van der Waals surface area contributed by atoms with Gasteiger partial charge in [-0.3, -0.25) is 10.5 Å². The van der Waals surface area contributed by atoms with Crippen LogP contribution in [0.4, 0.5) is 0 Å². The van der Waals surface area contributed by atoms with Crippen molar-refractivity contribution in [3.8, 4) is 0 Å². The Hall–Kier alpha value is -1.40. The van der Waals surface area contributed by atoms with Crippen LogP contribution in [-0.2, 0) is 14.3 Å². The van der Waals surface area contributed by atoms with Crippen LogP contribution in [0.1, 0.15) is 6.42 Å². The van der Waals surface area contributed by atoms with Gasteiger partial charge in [0.25, 0.3) is 0 Å². The predicted octanol–water partition coefficient (Wildman–Crippen LogP) is -1.20. The first-order chi connectivity index (χ1) is 5.97. The minimum Gasteiger partial charge on any atom is -0.478 e. The molecular weight excluding hydrogens is 176 g/mol. The first-order valence-corrected chi connectivity index (χ1v) is 3.53. The fraction of sp³-hybridized carbons (Fsp3) is 0.429. The highest BCUT2D eigenvalue weighted by Gasteiger charge is 2.13. The minimum absolute atomic E-state index is 0.00864. The van der Waals surface area contributed by atoms with E-state index >= 15 is 0 Å². The first-order valence-electron chi connectivity index (χ1n) is 3.53. The molecule has 0 saturated carbocycles. The number of carboxylic acids is 1. The maximum atomic E-state index is 10.8. The van der Waals surface area contributed by atoms with Gasteiger partial charge in [-0.25, -0.2) is 4.79 Å². The number of rotatable bonds is 5. The number of hydrogen-bond acceptors (Lipinski definition) is 5. The van der Waals surface area contributed by atoms with Crippen molar-refractivity contribution in [1.29, 1.82) is 0 Å². The average molecular weight is 188 g/mol. The van der Waals surface area contributed by atoms with E-state index in [0.29, 0.717) is 0 Å². The van der Waals surface area contributed by atoms with E-state index in [9.17, 15) is 9.59 Å². The molecule has 1 atom stereocenters. The van der Waals surface area contributed by atoms with Crippen LogP contribution < -0.4 is 11.5 Å². The molecule has 0 fully saturated rings. The molecule has 6 nitrogen and oxygen atoms in total. The zero-order valence-electron chi connectivity index (χ0n) is 7.03. The monoisotopic (exact) mass is 188 g/mol. The Morgan fingerprint density at radius 1 is 1.54 bits per heavy atom. The molecule has 0 saturated heterocycles. The summed E-state index contributed by atoms with van der Waals surface area (Å²) in [7, 11) is 0. The van der Waals surface area contributed by atoms with Gasteiger partial charge >= 0.3 is 11.9 Å². The van der Waals surface area contributed by atoms with Gasteiger partial charge in [0.1, 0.15) is 0 Å². The molecule has 0 aliphatic heterocycles. The summed E-state index contributed by atoms with van der Waals surface area (Å²) in [4.78, 5) is 21.1. The first kappa shape index (κ1) is 11.6. The Labute approximate surface area is 75.1 Å². The van der Waals surface area contributed by atoms with Crippen LogP contribution >= 0.6 is 0 Å². The zero-order valence-corrected chi connectivity index (χ0v) is 7.03. The van der Waals surface area contributed by atoms with Crippen molar-refractivity contribution in [1.82, 2.24) is 0 Å². The molecule has 0 aromatic rings. The van der Waals surface area contributed by atoms with Crippen molar-refractivity contribution in [2.75, 3.05) is 6.54 Å². The van der Waals surface area contributed by atoms with Gasteiger partial charge in [-0.05, 0) is 0 Å². The van der Waals surface area contributed by atoms with Crippen molar-refractivity contribution in [2.45, 2.75) is 12.6 Å². The van der Waals surface area contributed by atoms with Crippen LogP contribution in [0, 0.1) is 0 Å². The summed E-state index contributed by atoms with van der Waals surface area (Å²) in [5.74, 6) is -1.98. The number of hydrogen-bond donors (Lipinski definition) is 3. The SMILES string of the molecule is C=C(CC(=O)OC(N)CN)C(=O)O. The molecule has 0 bridgehead atoms. The number of carboxylic acid groups (broad SMARTS) is 1. The zero-order chi connectivity index (χ0) is 10.4. The quantitative estimate of drug-likeness (QED) is 0.283. The van der Waals surface area contributed by atoms with Crippen LogP contribution in [0.5, 0.6) is 0 Å². The predicted molar refractivity (Wildman–Crippen MR) is 44.5 cm³/mol. The van der Waals surface area contributed by atoms with E-state index < -0.39 is 18.2 Å². The van der Waals surface area contributed by atoms with Crippen molar-refractivity contribution in [3.63, 3.8) is 0 Å². The summed E-state index contributed by atoms with van der Waals surface area (Å²) >= 11 is 0. The molecular formula is C7H12N2O4. The third-order valence-corrected chi connectivity index (χ3v) is 1.18. The summed E-state index contributed by atoms with van der Waals surface area (Å²) in [5.41, 5.74) is 10.0. The van der Waals surface area contributed by atoms with Crippen LogP contribution in [0.15, 0.2) is 12.2 Å². The van der Waals surface area contributed by atoms with Crippen molar-refractivity contribution in [2.24, 2.45) is 11.5 Å². The fourth-order valence-corrected chi connectivity index (χ4v) is 0.508. The van der Waals surface area contributed by atoms with Crippen LogP contribution in [0.25, 0.3) is 0 Å². The van der Waals surface area contributed by atoms with Gasteiger partial charge in [-0.15, -0.1) is 0 Å². The molecule has 0 aromatic heterocycles. The highest BCUT2D eigenvalue weighted by molar-refractivity contribution is 5.91. The van der Waals surface area contributed by atoms with E-state index in [2.05, 4.69) is 11.3 Å². The molecule has 0 aliphatic carbocycles. The molecule has 0 rings (SSSR count). The van der Waals surface area contributed by atoms with E-state index in [-0.39, 0.29) is 18.5 Å². The average Bonchev–Trinajstić information content (AvgIpc) is 2.03. The van der Waals surface area contributed by atoms with Gasteiger partial charge in [0.15, 0.2) is 6.23 Å². The van der Waals surface area contributed by atoms with Gasteiger partial charge in [-0.2, -0.15) is 0 Å². The molecule has 0 aromatic carbocycles. The number of ether oxygens (including phenoxy) is 1. The third-order valence-electron chi connectivity index (χ3n) is 1.18. The van der Waals surface area contributed by atoms with Crippen molar-refractivity contribution in [3.05, 3.63) is 12.2 Å². The van der Waals surface area contributed by atoms with Gasteiger partial charge in [0.05, 0.1) is 6.42 Å². The molecule has 0 aliphatic rings. The van der Waals surface area contributed by atoms with Gasteiger partial charge < -0.3 is 15.6 Å². The Morgan fingerprint density at radius 2 is 2.08 bits per heavy atom. The molecule has 0 radical (unpaired) electrons. The summed E-state index contributed by atoms with van der Waals surface area (Å²) < 4.78 is 4.51. The number of carbonyl (C=O) groups is 2. The highest BCUT2D eigenvalue weighted by Crippen LogP contribution is 2.00. The second-order valence-corrected chi connectivity index (χ2v) is 2.35. The van der Waals surface area contributed by atoms with Crippen LogP contribution in [0.2, 0.25) is 0 Å². The molecule has 5 N–H and O–H groups in total. The molecule has 1 unspecified atom stereocenters. The van der Waals surface area contributed by atoms with Crippen molar-refractivity contribution >= 4 is 11.9 Å². The number of esters is 1. The summed E-state index contributed by atoms with van der Waals surface area (Å²) in [6, 6.07) is 0. The number of nitrogens with two attached hydrogens (primary N) is 2. The molecule has 0 heterocycles. The third kappa shape index (κ3) is 4.94. The summed E-state index contributed by atoms with van der Waals surface area (Å²) in [5, 5.41) is 8.36. The molecule has 6 heteroatoms. The van der Waals surface area contributed by atoms with E-state index in [0.717, 1.165) is 0 Å². The molecule has 0 spiro atoms. The molecule has 0 amide bonds. The Balaban J connectivity index is 3.88. The lowest BCUT2D eigenvalue weighted by Gasteiger charge is -2.09.